The highest BCUT2D eigenvalue weighted by atomic mass is 16.6. The minimum Gasteiger partial charge on any atom is -0.357 e. The smallest absolute Gasteiger partial charge is 0.269 e. The molecule has 3 aromatic rings. The third-order valence-corrected chi connectivity index (χ3v) is 5.75. The zero-order valence-electron chi connectivity index (χ0n) is 17.7. The number of nitro benzene ring substituents is 1. The van der Waals surface area contributed by atoms with Gasteiger partial charge < -0.3 is 10.2 Å². The van der Waals surface area contributed by atoms with Gasteiger partial charge in [0, 0.05) is 36.5 Å². The first-order valence-electron chi connectivity index (χ1n) is 10.6. The van der Waals surface area contributed by atoms with Gasteiger partial charge in [-0.2, -0.15) is 0 Å². The van der Waals surface area contributed by atoms with E-state index in [1.165, 1.54) is 12.1 Å². The highest BCUT2D eigenvalue weighted by molar-refractivity contribution is 6.24. The molecular formula is C25H21N5O3. The van der Waals surface area contributed by atoms with E-state index in [2.05, 4.69) is 15.2 Å². The number of non-ortho nitro benzene ring substituents is 1. The van der Waals surface area contributed by atoms with Crippen molar-refractivity contribution in [2.75, 3.05) is 18.4 Å². The van der Waals surface area contributed by atoms with Gasteiger partial charge in [-0.1, -0.05) is 42.5 Å². The Morgan fingerprint density at radius 2 is 1.91 bits per heavy atom. The summed E-state index contributed by atoms with van der Waals surface area (Å²) in [5.41, 5.74) is 4.25. The number of rotatable bonds is 6. The molecule has 1 atom stereocenters. The zero-order valence-corrected chi connectivity index (χ0v) is 17.7. The van der Waals surface area contributed by atoms with Gasteiger partial charge in [0.2, 0.25) is 5.91 Å². The quantitative estimate of drug-likeness (QED) is 0.352. The van der Waals surface area contributed by atoms with Gasteiger partial charge in [-0.05, 0) is 29.3 Å². The molecule has 2 aliphatic rings. The minimum atomic E-state index is -0.747. The van der Waals surface area contributed by atoms with Gasteiger partial charge in [0.1, 0.15) is 5.92 Å². The highest BCUT2D eigenvalue weighted by Crippen LogP contribution is 2.38. The molecule has 0 fully saturated rings. The molecule has 0 radical (unpaired) electrons. The Morgan fingerprint density at radius 1 is 1.12 bits per heavy atom. The number of nitro groups is 1. The molecule has 1 N–H and O–H groups in total. The molecule has 5 rings (SSSR count). The van der Waals surface area contributed by atoms with Crippen LogP contribution in [0.25, 0.3) is 0 Å². The Kier molecular flexibility index (Phi) is 5.40. The van der Waals surface area contributed by atoms with Crippen molar-refractivity contribution in [2.45, 2.75) is 12.5 Å². The fraction of sp³-hybridized carbons (Fsp3) is 0.160. The lowest BCUT2D eigenvalue weighted by Crippen LogP contribution is -2.22. The Balaban J connectivity index is 1.53. The molecule has 0 aliphatic carbocycles. The average Bonchev–Trinajstić information content (AvgIpc) is 3.45. The largest absolute Gasteiger partial charge is 0.357 e. The van der Waals surface area contributed by atoms with E-state index in [-0.39, 0.29) is 11.6 Å². The number of aliphatic imine (C=N–C) groups is 2. The van der Waals surface area contributed by atoms with Crippen molar-refractivity contribution in [1.29, 1.82) is 0 Å². The van der Waals surface area contributed by atoms with Crippen LogP contribution in [0.4, 0.5) is 17.1 Å². The van der Waals surface area contributed by atoms with Gasteiger partial charge in [-0.25, -0.2) is 0 Å². The van der Waals surface area contributed by atoms with E-state index in [0.29, 0.717) is 22.6 Å². The molecule has 8 nitrogen and oxygen atoms in total. The number of hydrogen-bond acceptors (Lipinski definition) is 6. The maximum atomic E-state index is 13.0. The number of carbonyl (C=O) groups excluding carboxylic acids is 1. The van der Waals surface area contributed by atoms with Crippen molar-refractivity contribution in [3.8, 4) is 0 Å². The summed E-state index contributed by atoms with van der Waals surface area (Å²) in [6.07, 6.45) is 1.87. The third kappa shape index (κ3) is 4.23. The fourth-order valence-corrected chi connectivity index (χ4v) is 4.13. The maximum absolute atomic E-state index is 13.0. The standard InChI is InChI=1S/C25H21N5O3/c31-25-23(21-14-20(30(32)33)10-11-22(21)28-25)24(18-4-2-1-3-5-18)27-19-8-6-17(7-9-19)15-29-13-12-26-16-29/h1-11,14,16,23H,12-13,15H2,(H,28,31). The molecule has 3 aromatic carbocycles. The molecule has 0 saturated carbocycles. The third-order valence-electron chi connectivity index (χ3n) is 5.75. The van der Waals surface area contributed by atoms with Crippen molar-refractivity contribution >= 4 is 35.0 Å². The molecular weight excluding hydrogens is 418 g/mol. The van der Waals surface area contributed by atoms with Crippen molar-refractivity contribution in [2.24, 2.45) is 9.98 Å². The zero-order chi connectivity index (χ0) is 22.8. The van der Waals surface area contributed by atoms with Crippen molar-refractivity contribution in [3.05, 3.63) is 99.6 Å². The van der Waals surface area contributed by atoms with Crippen LogP contribution in [0, 0.1) is 10.1 Å². The second-order valence-electron chi connectivity index (χ2n) is 7.97. The normalized spacial score (nSPS) is 17.2. The van der Waals surface area contributed by atoms with E-state index >= 15 is 0 Å². The van der Waals surface area contributed by atoms with E-state index in [4.69, 9.17) is 4.99 Å². The molecule has 8 heteroatoms. The predicted octanol–water partition coefficient (Wildman–Crippen LogP) is 4.30. The first-order chi connectivity index (χ1) is 16.1. The van der Waals surface area contributed by atoms with Gasteiger partial charge >= 0.3 is 0 Å². The number of hydrogen-bond donors (Lipinski definition) is 1. The molecule has 2 heterocycles. The topological polar surface area (TPSA) is 100 Å². The SMILES string of the molecule is O=C1Nc2ccc([N+](=O)[O-])cc2C1C(=Nc1ccc(CN2C=NCC2)cc1)c1ccccc1. The summed E-state index contributed by atoms with van der Waals surface area (Å²) >= 11 is 0. The first-order valence-corrected chi connectivity index (χ1v) is 10.6. The Labute approximate surface area is 190 Å². The molecule has 1 amide bonds. The van der Waals surface area contributed by atoms with Gasteiger partial charge in [-0.3, -0.25) is 24.9 Å². The van der Waals surface area contributed by atoms with Gasteiger partial charge in [-0.15, -0.1) is 0 Å². The number of nitrogens with zero attached hydrogens (tertiary/aromatic N) is 4. The van der Waals surface area contributed by atoms with Crippen molar-refractivity contribution < 1.29 is 9.72 Å². The van der Waals surface area contributed by atoms with Crippen molar-refractivity contribution in [3.63, 3.8) is 0 Å². The second kappa shape index (κ2) is 8.66. The van der Waals surface area contributed by atoms with Crippen LogP contribution in [0.15, 0.2) is 82.8 Å². The fourth-order valence-electron chi connectivity index (χ4n) is 4.13. The lowest BCUT2D eigenvalue weighted by molar-refractivity contribution is -0.384. The van der Waals surface area contributed by atoms with Crippen LogP contribution in [0.1, 0.15) is 22.6 Å². The summed E-state index contributed by atoms with van der Waals surface area (Å²) in [5, 5.41) is 14.2. The van der Waals surface area contributed by atoms with Gasteiger partial charge in [0.15, 0.2) is 0 Å². The minimum absolute atomic E-state index is 0.0579. The predicted molar refractivity (Wildman–Crippen MR) is 127 cm³/mol. The number of amides is 1. The summed E-state index contributed by atoms with van der Waals surface area (Å²) in [6.45, 7) is 2.52. The van der Waals surface area contributed by atoms with Crippen molar-refractivity contribution in [1.82, 2.24) is 4.90 Å². The Hall–Kier alpha value is -4.33. The highest BCUT2D eigenvalue weighted by Gasteiger charge is 2.36. The number of benzene rings is 3. The summed E-state index contributed by atoms with van der Waals surface area (Å²) in [5.74, 6) is -0.999. The molecule has 0 spiro atoms. The maximum Gasteiger partial charge on any atom is 0.269 e. The summed E-state index contributed by atoms with van der Waals surface area (Å²) in [7, 11) is 0. The molecule has 0 bridgehead atoms. The molecule has 164 valence electrons. The van der Waals surface area contributed by atoms with Crippen LogP contribution in [0.3, 0.4) is 0 Å². The molecule has 0 saturated heterocycles. The molecule has 2 aliphatic heterocycles. The number of nitrogens with one attached hydrogen (secondary N) is 1. The molecule has 33 heavy (non-hydrogen) atoms. The average molecular weight is 439 g/mol. The number of fused-ring (bicyclic) bond motifs is 1. The lowest BCUT2D eigenvalue weighted by Gasteiger charge is -2.15. The van der Waals surface area contributed by atoms with E-state index in [1.54, 1.807) is 6.07 Å². The van der Waals surface area contributed by atoms with Gasteiger partial charge in [0.25, 0.3) is 5.69 Å². The molecule has 0 aromatic heterocycles. The Morgan fingerprint density at radius 3 is 2.61 bits per heavy atom. The van der Waals surface area contributed by atoms with E-state index in [1.807, 2.05) is 60.9 Å². The lowest BCUT2D eigenvalue weighted by atomic mass is 9.90. The van der Waals surface area contributed by atoms with Crippen LogP contribution < -0.4 is 5.32 Å². The molecule has 1 unspecified atom stereocenters. The van der Waals surface area contributed by atoms with Crippen LogP contribution in [0.5, 0.6) is 0 Å². The number of anilines is 1. The van der Waals surface area contributed by atoms with E-state index in [0.717, 1.165) is 30.8 Å². The monoisotopic (exact) mass is 439 g/mol. The Bertz CT molecular complexity index is 1270. The second-order valence-corrected chi connectivity index (χ2v) is 7.97. The van der Waals surface area contributed by atoms with Crippen LogP contribution >= 0.6 is 0 Å². The van der Waals surface area contributed by atoms with Crippen LogP contribution in [-0.4, -0.2) is 40.9 Å². The van der Waals surface area contributed by atoms with Gasteiger partial charge in [0.05, 0.1) is 29.2 Å². The summed E-state index contributed by atoms with van der Waals surface area (Å²) in [6, 6.07) is 21.7. The summed E-state index contributed by atoms with van der Waals surface area (Å²) < 4.78 is 0. The van der Waals surface area contributed by atoms with Crippen LogP contribution in [-0.2, 0) is 11.3 Å². The summed E-state index contributed by atoms with van der Waals surface area (Å²) in [4.78, 5) is 35.1. The number of carbonyl (C=O) groups is 1. The first kappa shape index (κ1) is 20.6. The van der Waals surface area contributed by atoms with E-state index < -0.39 is 10.8 Å². The van der Waals surface area contributed by atoms with E-state index in [9.17, 15) is 14.9 Å². The van der Waals surface area contributed by atoms with Crippen LogP contribution in [0.2, 0.25) is 0 Å².